The van der Waals surface area contributed by atoms with Crippen molar-refractivity contribution in [3.05, 3.63) is 72.8 Å². The minimum atomic E-state index is 0.605. The van der Waals surface area contributed by atoms with Crippen LogP contribution in [0.25, 0.3) is 38.3 Å². The van der Waals surface area contributed by atoms with Crippen molar-refractivity contribution >= 4 is 51.6 Å². The summed E-state index contributed by atoms with van der Waals surface area (Å²) in [6.07, 6.45) is 7.97. The highest BCUT2D eigenvalue weighted by molar-refractivity contribution is 6.34. The Hall–Kier alpha value is -2.74. The second-order valence-electron chi connectivity index (χ2n) is 6.99. The molecule has 5 rings (SSSR count). The van der Waals surface area contributed by atoms with Crippen LogP contribution >= 0.6 is 0 Å². The van der Waals surface area contributed by atoms with E-state index in [4.69, 9.17) is 7.85 Å². The molecule has 1 unspecified atom stereocenters. The number of allylic oxidation sites excluding steroid dienone is 4. The first-order chi connectivity index (χ1) is 12.2. The largest absolute Gasteiger partial charge is 0.310 e. The molecule has 0 bridgehead atoms. The van der Waals surface area contributed by atoms with Crippen molar-refractivity contribution in [2.75, 3.05) is 0 Å². The maximum absolute atomic E-state index is 6.13. The van der Waals surface area contributed by atoms with Crippen LogP contribution in [0.4, 0.5) is 0 Å². The molecule has 3 aromatic carbocycles. The predicted octanol–water partition coefficient (Wildman–Crippen LogP) is 5.18. The highest BCUT2D eigenvalue weighted by Crippen LogP contribution is 2.37. The van der Waals surface area contributed by atoms with Crippen molar-refractivity contribution in [3.8, 4) is 0 Å². The highest BCUT2D eigenvalue weighted by atomic mass is 15.0. The summed E-state index contributed by atoms with van der Waals surface area (Å²) in [5.74, 6) is 0.605. The van der Waals surface area contributed by atoms with E-state index >= 15 is 0 Å². The van der Waals surface area contributed by atoms with E-state index in [1.165, 1.54) is 38.3 Å². The minimum absolute atomic E-state index is 0.605. The summed E-state index contributed by atoms with van der Waals surface area (Å²) in [6, 6.07) is 19.3. The van der Waals surface area contributed by atoms with Gasteiger partial charge in [0.15, 0.2) is 0 Å². The zero-order valence-electron chi connectivity index (χ0n) is 14.2. The molecule has 0 saturated carbocycles. The number of nitrogens with zero attached hydrogens (tertiary/aromatic N) is 1. The van der Waals surface area contributed by atoms with Gasteiger partial charge in [0.05, 0.1) is 11.0 Å². The molecule has 1 heterocycles. The van der Waals surface area contributed by atoms with E-state index in [1.54, 1.807) is 0 Å². The lowest BCUT2D eigenvalue weighted by Crippen LogP contribution is -2.02. The molecule has 0 aliphatic heterocycles. The molecule has 1 aromatic heterocycles. The van der Waals surface area contributed by atoms with Gasteiger partial charge in [-0.25, -0.2) is 0 Å². The molecule has 0 fully saturated rings. The van der Waals surface area contributed by atoms with Gasteiger partial charge in [-0.3, -0.25) is 0 Å². The van der Waals surface area contributed by atoms with Crippen LogP contribution in [0.3, 0.4) is 0 Å². The van der Waals surface area contributed by atoms with Gasteiger partial charge in [-0.1, -0.05) is 67.0 Å². The normalized spacial score (nSPS) is 17.5. The zero-order valence-corrected chi connectivity index (χ0v) is 14.2. The fraction of sp³-hybridized carbons (Fsp3) is 0.130. The Kier molecular flexibility index (Phi) is 3.14. The van der Waals surface area contributed by atoms with E-state index in [9.17, 15) is 0 Å². The van der Waals surface area contributed by atoms with E-state index < -0.39 is 0 Å². The third-order valence-electron chi connectivity index (χ3n) is 5.23. The molecule has 25 heavy (non-hydrogen) atoms. The highest BCUT2D eigenvalue weighted by Gasteiger charge is 2.16. The average molecular weight is 319 g/mol. The first-order valence-corrected chi connectivity index (χ1v) is 8.82. The quantitative estimate of drug-likeness (QED) is 0.426. The van der Waals surface area contributed by atoms with Gasteiger partial charge >= 0.3 is 0 Å². The molecule has 4 aromatic rings. The van der Waals surface area contributed by atoms with Crippen LogP contribution in [0.15, 0.2) is 72.8 Å². The van der Waals surface area contributed by atoms with Gasteiger partial charge in [-0.05, 0) is 41.3 Å². The Morgan fingerprint density at radius 3 is 2.64 bits per heavy atom. The number of hydrogen-bond acceptors (Lipinski definition) is 0. The molecule has 2 radical (unpaired) electrons. The Bertz CT molecular complexity index is 1190. The van der Waals surface area contributed by atoms with E-state index in [-0.39, 0.29) is 0 Å². The summed E-state index contributed by atoms with van der Waals surface area (Å²) in [7, 11) is 6.13. The SMILES string of the molecule is [B]c1ccc2c(c1)c1c3ccccc3ccc1n2C1=CCC(C)C=C1. The van der Waals surface area contributed by atoms with Gasteiger partial charge in [0.1, 0.15) is 7.85 Å². The van der Waals surface area contributed by atoms with E-state index in [1.807, 2.05) is 6.07 Å². The van der Waals surface area contributed by atoms with Gasteiger partial charge < -0.3 is 4.57 Å². The smallest absolute Gasteiger partial charge is 0.113 e. The Balaban J connectivity index is 1.97. The van der Waals surface area contributed by atoms with Gasteiger partial charge in [0, 0.05) is 16.5 Å². The molecule has 2 heteroatoms. The average Bonchev–Trinajstić information content (AvgIpc) is 2.96. The van der Waals surface area contributed by atoms with Crippen molar-refractivity contribution in [1.82, 2.24) is 4.57 Å². The molecule has 118 valence electrons. The van der Waals surface area contributed by atoms with Crippen molar-refractivity contribution in [1.29, 1.82) is 0 Å². The second-order valence-corrected chi connectivity index (χ2v) is 6.99. The lowest BCUT2D eigenvalue weighted by molar-refractivity contribution is 0.735. The Labute approximate surface area is 148 Å². The fourth-order valence-electron chi connectivity index (χ4n) is 3.97. The first kappa shape index (κ1) is 14.6. The van der Waals surface area contributed by atoms with Crippen molar-refractivity contribution in [2.45, 2.75) is 13.3 Å². The van der Waals surface area contributed by atoms with Crippen LogP contribution in [0.1, 0.15) is 13.3 Å². The van der Waals surface area contributed by atoms with Crippen LogP contribution in [-0.4, -0.2) is 12.4 Å². The van der Waals surface area contributed by atoms with Gasteiger partial charge in [0.2, 0.25) is 0 Å². The lowest BCUT2D eigenvalue weighted by atomic mass is 9.94. The van der Waals surface area contributed by atoms with Crippen molar-refractivity contribution in [2.24, 2.45) is 5.92 Å². The van der Waals surface area contributed by atoms with Crippen LogP contribution in [0.2, 0.25) is 0 Å². The molecule has 1 atom stereocenters. The lowest BCUT2D eigenvalue weighted by Gasteiger charge is -2.15. The molecule has 0 spiro atoms. The van der Waals surface area contributed by atoms with Gasteiger partial charge in [-0.15, -0.1) is 0 Å². The van der Waals surface area contributed by atoms with E-state index in [0.717, 1.165) is 11.9 Å². The molecular weight excluding hydrogens is 301 g/mol. The molecule has 0 N–H and O–H groups in total. The van der Waals surface area contributed by atoms with Crippen LogP contribution in [0.5, 0.6) is 0 Å². The van der Waals surface area contributed by atoms with Crippen molar-refractivity contribution in [3.63, 3.8) is 0 Å². The zero-order chi connectivity index (χ0) is 17.0. The number of benzene rings is 3. The third kappa shape index (κ3) is 2.17. The number of rotatable bonds is 1. The Morgan fingerprint density at radius 1 is 0.960 bits per heavy atom. The molecular formula is C23H18BN. The maximum atomic E-state index is 6.13. The first-order valence-electron chi connectivity index (χ1n) is 8.82. The summed E-state index contributed by atoms with van der Waals surface area (Å²) in [6.45, 7) is 2.25. The number of hydrogen-bond donors (Lipinski definition) is 0. The predicted molar refractivity (Wildman–Crippen MR) is 110 cm³/mol. The molecule has 1 nitrogen and oxygen atoms in total. The van der Waals surface area contributed by atoms with Crippen LogP contribution in [-0.2, 0) is 0 Å². The molecule has 0 amide bonds. The summed E-state index contributed by atoms with van der Waals surface area (Å²) in [4.78, 5) is 0. The van der Waals surface area contributed by atoms with Gasteiger partial charge in [0.25, 0.3) is 0 Å². The topological polar surface area (TPSA) is 4.93 Å². The second kappa shape index (κ2) is 5.39. The van der Waals surface area contributed by atoms with E-state index in [0.29, 0.717) is 5.92 Å². The summed E-state index contributed by atoms with van der Waals surface area (Å²) < 4.78 is 2.37. The Morgan fingerprint density at radius 2 is 1.80 bits per heavy atom. The summed E-state index contributed by atoms with van der Waals surface area (Å²) >= 11 is 0. The van der Waals surface area contributed by atoms with Crippen LogP contribution in [0, 0.1) is 5.92 Å². The van der Waals surface area contributed by atoms with E-state index in [2.05, 4.69) is 78.2 Å². The summed E-state index contributed by atoms with van der Waals surface area (Å²) in [5.41, 5.74) is 4.51. The minimum Gasteiger partial charge on any atom is -0.310 e. The molecule has 0 saturated heterocycles. The third-order valence-corrected chi connectivity index (χ3v) is 5.23. The number of fused-ring (bicyclic) bond motifs is 5. The number of aromatic nitrogens is 1. The fourth-order valence-corrected chi connectivity index (χ4v) is 3.97. The molecule has 1 aliphatic carbocycles. The summed E-state index contributed by atoms with van der Waals surface area (Å²) in [5, 5.41) is 5.05. The maximum Gasteiger partial charge on any atom is 0.113 e. The standard InChI is InChI=1S/C23H18BN/c1-15-6-10-18(11-7-15)25-21-13-9-17(24)14-20(21)23-19-5-3-2-4-16(19)8-12-22(23)25/h2-6,8-15H,7H2,1H3. The molecule has 1 aliphatic rings. The van der Waals surface area contributed by atoms with Crippen LogP contribution < -0.4 is 5.46 Å². The van der Waals surface area contributed by atoms with Gasteiger partial charge in [-0.2, -0.15) is 0 Å². The monoisotopic (exact) mass is 319 g/mol. The van der Waals surface area contributed by atoms with Crippen molar-refractivity contribution < 1.29 is 0 Å².